The first-order valence-electron chi connectivity index (χ1n) is 6.38. The number of hydrogen-bond acceptors (Lipinski definition) is 5. The summed E-state index contributed by atoms with van der Waals surface area (Å²) in [5.41, 5.74) is 2.24. The van der Waals surface area contributed by atoms with Gasteiger partial charge >= 0.3 is 0 Å². The summed E-state index contributed by atoms with van der Waals surface area (Å²) < 4.78 is 1.33. The molecular weight excluding hydrogens is 274 g/mol. The first-order chi connectivity index (χ1) is 9.66. The van der Waals surface area contributed by atoms with Gasteiger partial charge in [0.2, 0.25) is 11.1 Å². The molecule has 0 spiro atoms. The number of nitrogens with zero attached hydrogens (tertiary/aromatic N) is 4. The summed E-state index contributed by atoms with van der Waals surface area (Å²) in [6.45, 7) is 2.60. The lowest BCUT2D eigenvalue weighted by molar-refractivity contribution is -0.117. The molecule has 1 aromatic heterocycles. The SMILES string of the molecule is C[C@@H](Sc1nncn1N)C(=O)N1CCc2ccccc21. The first-order valence-corrected chi connectivity index (χ1v) is 7.26. The average Bonchev–Trinajstić information content (AvgIpc) is 3.05. The van der Waals surface area contributed by atoms with Crippen LogP contribution in [0, 0.1) is 0 Å². The number of aromatic nitrogens is 3. The van der Waals surface area contributed by atoms with E-state index in [1.165, 1.54) is 28.3 Å². The van der Waals surface area contributed by atoms with Gasteiger partial charge in [0.1, 0.15) is 6.33 Å². The minimum atomic E-state index is -0.257. The molecule has 0 aliphatic carbocycles. The maximum atomic E-state index is 12.6. The summed E-state index contributed by atoms with van der Waals surface area (Å²) in [7, 11) is 0. The molecule has 0 saturated heterocycles. The summed E-state index contributed by atoms with van der Waals surface area (Å²) in [5, 5.41) is 7.88. The summed E-state index contributed by atoms with van der Waals surface area (Å²) >= 11 is 1.32. The molecule has 2 heterocycles. The number of carbonyl (C=O) groups excluding carboxylic acids is 1. The Morgan fingerprint density at radius 1 is 1.45 bits per heavy atom. The van der Waals surface area contributed by atoms with Gasteiger partial charge in [0, 0.05) is 12.2 Å². The molecule has 2 N–H and O–H groups in total. The van der Waals surface area contributed by atoms with Crippen molar-refractivity contribution in [3.8, 4) is 0 Å². The van der Waals surface area contributed by atoms with Crippen molar-refractivity contribution in [3.63, 3.8) is 0 Å². The third-order valence-electron chi connectivity index (χ3n) is 3.32. The van der Waals surface area contributed by atoms with Crippen molar-refractivity contribution in [1.29, 1.82) is 0 Å². The average molecular weight is 289 g/mol. The van der Waals surface area contributed by atoms with Crippen LogP contribution in [-0.4, -0.2) is 32.6 Å². The van der Waals surface area contributed by atoms with E-state index in [9.17, 15) is 4.79 Å². The van der Waals surface area contributed by atoms with E-state index in [1.54, 1.807) is 0 Å². The summed E-state index contributed by atoms with van der Waals surface area (Å²) in [6, 6.07) is 8.01. The predicted octanol–water partition coefficient (Wildman–Crippen LogP) is 1.06. The second-order valence-corrected chi connectivity index (χ2v) is 5.96. The van der Waals surface area contributed by atoms with Crippen LogP contribution in [0.5, 0.6) is 0 Å². The topological polar surface area (TPSA) is 77.0 Å². The minimum Gasteiger partial charge on any atom is -0.336 e. The quantitative estimate of drug-likeness (QED) is 0.675. The van der Waals surface area contributed by atoms with Gasteiger partial charge in [-0.05, 0) is 25.0 Å². The lowest BCUT2D eigenvalue weighted by Crippen LogP contribution is -2.35. The van der Waals surface area contributed by atoms with Crippen LogP contribution < -0.4 is 10.7 Å². The maximum absolute atomic E-state index is 12.6. The number of amides is 1. The van der Waals surface area contributed by atoms with Gasteiger partial charge in [-0.1, -0.05) is 30.0 Å². The van der Waals surface area contributed by atoms with Crippen LogP contribution in [-0.2, 0) is 11.2 Å². The van der Waals surface area contributed by atoms with E-state index >= 15 is 0 Å². The number of thioether (sulfide) groups is 1. The molecule has 0 bridgehead atoms. The molecule has 6 nitrogen and oxygen atoms in total. The van der Waals surface area contributed by atoms with Crippen LogP contribution >= 0.6 is 11.8 Å². The molecule has 0 saturated carbocycles. The monoisotopic (exact) mass is 289 g/mol. The van der Waals surface area contributed by atoms with E-state index in [4.69, 9.17) is 5.84 Å². The molecule has 1 aliphatic heterocycles. The zero-order chi connectivity index (χ0) is 14.1. The van der Waals surface area contributed by atoms with Crippen molar-refractivity contribution in [2.75, 3.05) is 17.3 Å². The minimum absolute atomic E-state index is 0.0722. The highest BCUT2D eigenvalue weighted by Gasteiger charge is 2.28. The lowest BCUT2D eigenvalue weighted by atomic mass is 10.2. The van der Waals surface area contributed by atoms with Crippen LogP contribution in [0.25, 0.3) is 0 Å². The van der Waals surface area contributed by atoms with Crippen molar-refractivity contribution in [2.45, 2.75) is 23.8 Å². The molecule has 0 radical (unpaired) electrons. The number of benzene rings is 1. The largest absolute Gasteiger partial charge is 0.336 e. The Balaban J connectivity index is 1.75. The highest BCUT2D eigenvalue weighted by Crippen LogP contribution is 2.30. The van der Waals surface area contributed by atoms with Gasteiger partial charge in [0.15, 0.2) is 0 Å². The third-order valence-corrected chi connectivity index (χ3v) is 4.38. The predicted molar refractivity (Wildman–Crippen MR) is 78.0 cm³/mol. The fourth-order valence-electron chi connectivity index (χ4n) is 2.31. The number of carbonyl (C=O) groups is 1. The molecular formula is C13H15N5OS. The lowest BCUT2D eigenvalue weighted by Gasteiger charge is -2.20. The number of para-hydroxylation sites is 1. The first kappa shape index (κ1) is 13.0. The van der Waals surface area contributed by atoms with Crippen molar-refractivity contribution in [1.82, 2.24) is 14.9 Å². The Bertz CT molecular complexity index is 641. The zero-order valence-electron chi connectivity index (χ0n) is 11.1. The maximum Gasteiger partial charge on any atom is 0.240 e. The smallest absolute Gasteiger partial charge is 0.240 e. The van der Waals surface area contributed by atoms with Gasteiger partial charge < -0.3 is 10.7 Å². The number of rotatable bonds is 3. The Morgan fingerprint density at radius 3 is 3.00 bits per heavy atom. The van der Waals surface area contributed by atoms with Gasteiger partial charge in [0.05, 0.1) is 5.25 Å². The molecule has 1 aromatic carbocycles. The Hall–Kier alpha value is -2.02. The van der Waals surface area contributed by atoms with E-state index in [0.717, 1.165) is 18.7 Å². The molecule has 20 heavy (non-hydrogen) atoms. The summed E-state index contributed by atoms with van der Waals surface area (Å²) in [5.74, 6) is 5.74. The van der Waals surface area contributed by atoms with Gasteiger partial charge in [-0.2, -0.15) is 0 Å². The highest BCUT2D eigenvalue weighted by atomic mass is 32.2. The molecule has 7 heteroatoms. The van der Waals surface area contributed by atoms with Crippen molar-refractivity contribution in [2.24, 2.45) is 0 Å². The fraction of sp³-hybridized carbons (Fsp3) is 0.308. The zero-order valence-corrected chi connectivity index (χ0v) is 11.9. The van der Waals surface area contributed by atoms with Gasteiger partial charge in [-0.15, -0.1) is 10.2 Å². The summed E-state index contributed by atoms with van der Waals surface area (Å²) in [4.78, 5) is 14.4. The number of anilines is 1. The van der Waals surface area contributed by atoms with Gasteiger partial charge in [0.25, 0.3) is 0 Å². The molecule has 104 valence electrons. The Morgan fingerprint density at radius 2 is 2.25 bits per heavy atom. The van der Waals surface area contributed by atoms with E-state index in [1.807, 2.05) is 30.0 Å². The van der Waals surface area contributed by atoms with Crippen LogP contribution in [0.1, 0.15) is 12.5 Å². The second kappa shape index (κ2) is 5.16. The van der Waals surface area contributed by atoms with Crippen molar-refractivity contribution < 1.29 is 4.79 Å². The van der Waals surface area contributed by atoms with E-state index in [2.05, 4.69) is 16.3 Å². The number of fused-ring (bicyclic) bond motifs is 1. The van der Waals surface area contributed by atoms with E-state index in [0.29, 0.717) is 5.16 Å². The van der Waals surface area contributed by atoms with Crippen LogP contribution in [0.3, 0.4) is 0 Å². The molecule has 3 rings (SSSR count). The standard InChI is InChI=1S/C13H15N5OS/c1-9(20-13-16-15-8-18(13)14)12(19)17-7-6-10-4-2-3-5-11(10)17/h2-5,8-9H,6-7,14H2,1H3/t9-/m1/s1. The van der Waals surface area contributed by atoms with Gasteiger partial charge in [-0.3, -0.25) is 4.79 Å². The second-order valence-electron chi connectivity index (χ2n) is 4.65. The molecule has 1 atom stereocenters. The normalized spacial score (nSPS) is 15.2. The molecule has 2 aromatic rings. The Kier molecular flexibility index (Phi) is 3.35. The van der Waals surface area contributed by atoms with E-state index in [-0.39, 0.29) is 11.2 Å². The van der Waals surface area contributed by atoms with Crippen LogP contribution in [0.2, 0.25) is 0 Å². The number of nitrogen functional groups attached to an aromatic ring is 1. The fourth-order valence-corrected chi connectivity index (χ4v) is 3.12. The van der Waals surface area contributed by atoms with Crippen molar-refractivity contribution in [3.05, 3.63) is 36.2 Å². The van der Waals surface area contributed by atoms with Crippen molar-refractivity contribution >= 4 is 23.4 Å². The van der Waals surface area contributed by atoms with Gasteiger partial charge in [-0.25, -0.2) is 4.68 Å². The van der Waals surface area contributed by atoms with Crippen LogP contribution in [0.15, 0.2) is 35.7 Å². The Labute approximate surface area is 120 Å². The number of hydrogen-bond donors (Lipinski definition) is 1. The summed E-state index contributed by atoms with van der Waals surface area (Å²) in [6.07, 6.45) is 2.33. The molecule has 0 fully saturated rings. The number of nitrogens with two attached hydrogens (primary N) is 1. The van der Waals surface area contributed by atoms with Crippen LogP contribution in [0.4, 0.5) is 5.69 Å². The molecule has 1 aliphatic rings. The molecule has 0 unspecified atom stereocenters. The third kappa shape index (κ3) is 2.24. The highest BCUT2D eigenvalue weighted by molar-refractivity contribution is 8.00. The van der Waals surface area contributed by atoms with E-state index < -0.39 is 0 Å². The molecule has 1 amide bonds.